The molecule has 3 atom stereocenters. The van der Waals surface area contributed by atoms with Crippen LogP contribution in [0.4, 0.5) is 0 Å². The van der Waals surface area contributed by atoms with Crippen molar-refractivity contribution in [2.24, 2.45) is 11.5 Å². The lowest BCUT2D eigenvalue weighted by Gasteiger charge is -2.15. The van der Waals surface area contributed by atoms with Crippen LogP contribution in [0.5, 0.6) is 0 Å². The maximum Gasteiger partial charge on any atom is 0.0781 e. The third-order valence-electron chi connectivity index (χ3n) is 1.38. The van der Waals surface area contributed by atoms with E-state index in [1.54, 1.807) is 0 Å². The molecule has 0 saturated carbocycles. The number of rotatable bonds is 7. The summed E-state index contributed by atoms with van der Waals surface area (Å²) >= 11 is 0. The molecule has 0 amide bonds. The van der Waals surface area contributed by atoms with E-state index in [1.165, 1.54) is 0 Å². The lowest BCUT2D eigenvalue weighted by molar-refractivity contribution is -0.0121. The minimum absolute atomic E-state index is 0.0795. The summed E-state index contributed by atoms with van der Waals surface area (Å²) in [7, 11) is 0. The van der Waals surface area contributed by atoms with Gasteiger partial charge in [0.05, 0.1) is 25.9 Å². The van der Waals surface area contributed by atoms with Gasteiger partial charge in [0.1, 0.15) is 0 Å². The van der Waals surface area contributed by atoms with Gasteiger partial charge in [-0.1, -0.05) is 0 Å². The van der Waals surface area contributed by atoms with Gasteiger partial charge in [0, 0.05) is 12.1 Å². The number of hydrogen-bond donors (Lipinski definition) is 2. The Hall–Kier alpha value is -0.160. The molecule has 0 aliphatic rings. The van der Waals surface area contributed by atoms with Crippen LogP contribution < -0.4 is 11.5 Å². The Morgan fingerprint density at radius 2 is 1.46 bits per heavy atom. The Kier molecular flexibility index (Phi) is 7.17. The van der Waals surface area contributed by atoms with Crippen LogP contribution in [0.2, 0.25) is 0 Å². The van der Waals surface area contributed by atoms with E-state index in [1.807, 2.05) is 20.8 Å². The van der Waals surface area contributed by atoms with E-state index >= 15 is 0 Å². The summed E-state index contributed by atoms with van der Waals surface area (Å²) in [6, 6.07) is 0.163. The molecule has 0 bridgehead atoms. The topological polar surface area (TPSA) is 70.5 Å². The van der Waals surface area contributed by atoms with Gasteiger partial charge in [-0.25, -0.2) is 0 Å². The largest absolute Gasteiger partial charge is 0.377 e. The first-order valence-corrected chi connectivity index (χ1v) is 4.73. The van der Waals surface area contributed by atoms with Crippen molar-refractivity contribution in [1.82, 2.24) is 0 Å². The van der Waals surface area contributed by atoms with Gasteiger partial charge in [0.25, 0.3) is 0 Å². The average Bonchev–Trinajstić information content (AvgIpc) is 2.00. The van der Waals surface area contributed by atoms with Crippen molar-refractivity contribution in [3.05, 3.63) is 0 Å². The molecule has 0 aromatic carbocycles. The number of hydrogen-bond acceptors (Lipinski definition) is 4. The molecule has 0 saturated heterocycles. The maximum atomic E-state index is 5.53. The number of nitrogens with two attached hydrogens (primary N) is 2. The smallest absolute Gasteiger partial charge is 0.0781 e. The first-order chi connectivity index (χ1) is 6.02. The molecule has 0 fully saturated rings. The molecule has 0 aromatic heterocycles. The van der Waals surface area contributed by atoms with Crippen molar-refractivity contribution in [2.75, 3.05) is 19.8 Å². The fourth-order valence-corrected chi connectivity index (χ4v) is 0.784. The molecule has 0 rings (SSSR count). The highest BCUT2D eigenvalue weighted by Gasteiger charge is 2.04. The van der Waals surface area contributed by atoms with Crippen LogP contribution in [-0.4, -0.2) is 38.0 Å². The summed E-state index contributed by atoms with van der Waals surface area (Å²) in [5, 5.41) is 0. The summed E-state index contributed by atoms with van der Waals surface area (Å²) in [4.78, 5) is 0. The second-order valence-electron chi connectivity index (χ2n) is 3.64. The van der Waals surface area contributed by atoms with Crippen molar-refractivity contribution in [3.63, 3.8) is 0 Å². The van der Waals surface area contributed by atoms with Gasteiger partial charge < -0.3 is 20.9 Å². The standard InChI is InChI=1S/C9H22N2O2/c1-7(10)4-12-6-9(3)13-5-8(2)11/h7-9H,4-6,10-11H2,1-3H3. The summed E-state index contributed by atoms with van der Waals surface area (Å²) in [6.45, 7) is 7.51. The van der Waals surface area contributed by atoms with Crippen molar-refractivity contribution in [1.29, 1.82) is 0 Å². The molecule has 4 heteroatoms. The Morgan fingerprint density at radius 3 is 1.92 bits per heavy atom. The van der Waals surface area contributed by atoms with Crippen LogP contribution in [-0.2, 0) is 9.47 Å². The lowest BCUT2D eigenvalue weighted by atomic mass is 10.3. The van der Waals surface area contributed by atoms with Gasteiger partial charge >= 0.3 is 0 Å². The summed E-state index contributed by atoms with van der Waals surface area (Å²) < 4.78 is 10.7. The van der Waals surface area contributed by atoms with Crippen LogP contribution >= 0.6 is 0 Å². The molecule has 0 radical (unpaired) electrons. The molecule has 0 aliphatic heterocycles. The summed E-state index contributed by atoms with van der Waals surface area (Å²) in [5.74, 6) is 0. The molecular weight excluding hydrogens is 168 g/mol. The molecule has 0 heterocycles. The summed E-state index contributed by atoms with van der Waals surface area (Å²) in [5.41, 5.74) is 11.0. The third kappa shape index (κ3) is 9.76. The highest BCUT2D eigenvalue weighted by molar-refractivity contribution is 4.55. The van der Waals surface area contributed by atoms with Crippen molar-refractivity contribution in [2.45, 2.75) is 39.0 Å². The third-order valence-corrected chi connectivity index (χ3v) is 1.38. The Balaban J connectivity index is 3.25. The first-order valence-electron chi connectivity index (χ1n) is 4.73. The zero-order valence-electron chi connectivity index (χ0n) is 8.82. The van der Waals surface area contributed by atoms with Crippen LogP contribution in [0.3, 0.4) is 0 Å². The molecule has 13 heavy (non-hydrogen) atoms. The molecule has 0 aromatic rings. The van der Waals surface area contributed by atoms with Gasteiger partial charge in [0.2, 0.25) is 0 Å². The monoisotopic (exact) mass is 190 g/mol. The van der Waals surface area contributed by atoms with E-state index < -0.39 is 0 Å². The molecule has 0 aliphatic carbocycles. The molecule has 0 spiro atoms. The number of ether oxygens (including phenoxy) is 2. The van der Waals surface area contributed by atoms with Crippen LogP contribution in [0.25, 0.3) is 0 Å². The molecular formula is C9H22N2O2. The highest BCUT2D eigenvalue weighted by Crippen LogP contribution is 1.93. The Labute approximate surface area is 80.6 Å². The highest BCUT2D eigenvalue weighted by atomic mass is 16.5. The van der Waals surface area contributed by atoms with Gasteiger partial charge in [-0.15, -0.1) is 0 Å². The summed E-state index contributed by atoms with van der Waals surface area (Å²) in [6.07, 6.45) is 0.0877. The first kappa shape index (κ1) is 12.8. The lowest BCUT2D eigenvalue weighted by Crippen LogP contribution is -2.29. The minimum Gasteiger partial charge on any atom is -0.377 e. The van der Waals surface area contributed by atoms with Gasteiger partial charge in [-0.05, 0) is 20.8 Å². The predicted molar refractivity (Wildman–Crippen MR) is 53.5 cm³/mol. The quantitative estimate of drug-likeness (QED) is 0.597. The Bertz CT molecular complexity index is 118. The van der Waals surface area contributed by atoms with Crippen molar-refractivity contribution in [3.8, 4) is 0 Å². The second kappa shape index (κ2) is 7.26. The predicted octanol–water partition coefficient (Wildman–Crippen LogP) is 0.103. The van der Waals surface area contributed by atoms with Crippen LogP contribution in [0, 0.1) is 0 Å². The fourth-order valence-electron chi connectivity index (χ4n) is 0.784. The van der Waals surface area contributed by atoms with Gasteiger partial charge in [-0.3, -0.25) is 0 Å². The van der Waals surface area contributed by atoms with E-state index in [9.17, 15) is 0 Å². The van der Waals surface area contributed by atoms with E-state index in [0.717, 1.165) is 0 Å². The van der Waals surface area contributed by atoms with E-state index in [4.69, 9.17) is 20.9 Å². The maximum absolute atomic E-state index is 5.53. The molecule has 3 unspecified atom stereocenters. The van der Waals surface area contributed by atoms with E-state index in [2.05, 4.69) is 0 Å². The molecule has 80 valence electrons. The fraction of sp³-hybridized carbons (Fsp3) is 1.00. The van der Waals surface area contributed by atoms with E-state index in [0.29, 0.717) is 19.8 Å². The van der Waals surface area contributed by atoms with Gasteiger partial charge in [-0.2, -0.15) is 0 Å². The molecule has 4 nitrogen and oxygen atoms in total. The van der Waals surface area contributed by atoms with Crippen LogP contribution in [0.1, 0.15) is 20.8 Å². The SMILES string of the molecule is CC(N)COCC(C)OCC(C)N. The second-order valence-corrected chi connectivity index (χ2v) is 3.64. The minimum atomic E-state index is 0.0795. The zero-order valence-corrected chi connectivity index (χ0v) is 8.82. The Morgan fingerprint density at radius 1 is 0.923 bits per heavy atom. The van der Waals surface area contributed by atoms with Crippen molar-refractivity contribution >= 4 is 0 Å². The average molecular weight is 190 g/mol. The van der Waals surface area contributed by atoms with Crippen molar-refractivity contribution < 1.29 is 9.47 Å². The molecule has 4 N–H and O–H groups in total. The van der Waals surface area contributed by atoms with Gasteiger partial charge in [0.15, 0.2) is 0 Å². The van der Waals surface area contributed by atoms with Crippen LogP contribution in [0.15, 0.2) is 0 Å². The normalized spacial score (nSPS) is 18.2. The zero-order chi connectivity index (χ0) is 10.3. The van der Waals surface area contributed by atoms with E-state index in [-0.39, 0.29) is 18.2 Å².